The highest BCUT2D eigenvalue weighted by atomic mass is 16.2. The normalized spacial score (nSPS) is 14.2. The number of hydrogen-bond donors (Lipinski definition) is 2. The van der Waals surface area contributed by atoms with E-state index in [-0.39, 0.29) is 41.9 Å². The van der Waals surface area contributed by atoms with E-state index in [4.69, 9.17) is 4.98 Å². The van der Waals surface area contributed by atoms with E-state index in [0.717, 1.165) is 78.2 Å². The van der Waals surface area contributed by atoms with Crippen LogP contribution >= 0.6 is 0 Å². The molecule has 1 aliphatic rings. The Hall–Kier alpha value is -6.93. The van der Waals surface area contributed by atoms with Crippen LogP contribution in [0.2, 0.25) is 0 Å². The molecule has 55 heavy (non-hydrogen) atoms. The van der Waals surface area contributed by atoms with Crippen molar-refractivity contribution >= 4 is 50.4 Å². The average molecular weight is 728 g/mol. The first kappa shape index (κ1) is 35.1. The standard InChI is InChI=1S/C44H37N7O4/c1-5-27-18-32(33-16-26(3)44(55)50(4)39(33)19-27)31-10-6-8-29-20-36(47-23-34(29)31)30-11-12-35(46-22-30)42(53)45-15-7-9-28-21-40-37(17-25(28)2)48-24-51(40)38-13-14-41(52)49-43(38)54/h6,8,10-12,16-24,38H,5,13-15H2,1-4H3,(H,45,53)(H,49,52,54). The number of pyridine rings is 3. The fourth-order valence-electron chi connectivity index (χ4n) is 7.31. The van der Waals surface area contributed by atoms with Crippen molar-refractivity contribution < 1.29 is 14.4 Å². The molecule has 2 N–H and O–H groups in total. The number of imide groups is 1. The van der Waals surface area contributed by atoms with Gasteiger partial charge in [0.1, 0.15) is 11.7 Å². The molecule has 1 aliphatic heterocycles. The molecule has 0 spiro atoms. The molecular formula is C44H37N7O4. The second kappa shape index (κ2) is 14.1. The van der Waals surface area contributed by atoms with E-state index < -0.39 is 6.04 Å². The predicted octanol–water partition coefficient (Wildman–Crippen LogP) is 6.10. The largest absolute Gasteiger partial charge is 0.340 e. The minimum atomic E-state index is -0.520. The fraction of sp³-hybridized carbons (Fsp3) is 0.205. The number of benzene rings is 3. The van der Waals surface area contributed by atoms with Crippen LogP contribution in [0.1, 0.15) is 58.5 Å². The maximum Gasteiger partial charge on any atom is 0.270 e. The van der Waals surface area contributed by atoms with Crippen molar-refractivity contribution in [2.24, 2.45) is 7.05 Å². The lowest BCUT2D eigenvalue weighted by Crippen LogP contribution is -2.41. The van der Waals surface area contributed by atoms with Gasteiger partial charge in [0.25, 0.3) is 11.5 Å². The summed E-state index contributed by atoms with van der Waals surface area (Å²) < 4.78 is 3.51. The van der Waals surface area contributed by atoms with Crippen molar-refractivity contribution in [2.45, 2.75) is 46.1 Å². The van der Waals surface area contributed by atoms with Crippen LogP contribution in [0.5, 0.6) is 0 Å². The van der Waals surface area contributed by atoms with E-state index >= 15 is 0 Å². The maximum absolute atomic E-state index is 13.0. The van der Waals surface area contributed by atoms with Crippen molar-refractivity contribution in [3.8, 4) is 34.2 Å². The lowest BCUT2D eigenvalue weighted by atomic mass is 9.93. The van der Waals surface area contributed by atoms with Gasteiger partial charge in [-0.05, 0) is 96.8 Å². The molecule has 3 aromatic carbocycles. The SMILES string of the molecule is CCc1cc(-c2cccc3cc(-c4ccc(C(=O)NCC#Cc5cc6c(cc5C)ncn6C5CCC(=O)NC5=O)nc4)ncc23)c2cc(C)c(=O)n(C)c2c1. The molecule has 1 fully saturated rings. The Kier molecular flexibility index (Phi) is 9.03. The summed E-state index contributed by atoms with van der Waals surface area (Å²) >= 11 is 0. The molecule has 1 unspecified atom stereocenters. The monoisotopic (exact) mass is 727 g/mol. The first-order chi connectivity index (χ1) is 26.6. The van der Waals surface area contributed by atoms with Gasteiger partial charge in [-0.1, -0.05) is 43.0 Å². The first-order valence-corrected chi connectivity index (χ1v) is 18.2. The van der Waals surface area contributed by atoms with Crippen molar-refractivity contribution in [1.82, 2.24) is 34.7 Å². The zero-order valence-corrected chi connectivity index (χ0v) is 30.9. The second-order valence-electron chi connectivity index (χ2n) is 13.9. The number of hydrogen-bond acceptors (Lipinski definition) is 7. The van der Waals surface area contributed by atoms with Crippen LogP contribution in [0, 0.1) is 25.7 Å². The van der Waals surface area contributed by atoms with Crippen LogP contribution < -0.4 is 16.2 Å². The van der Waals surface area contributed by atoms with Gasteiger partial charge in [-0.3, -0.25) is 34.5 Å². The molecule has 0 aliphatic carbocycles. The number of aryl methyl sites for hydroxylation is 4. The van der Waals surface area contributed by atoms with Crippen LogP contribution in [0.25, 0.3) is 55.1 Å². The lowest BCUT2D eigenvalue weighted by Gasteiger charge is -2.22. The summed E-state index contributed by atoms with van der Waals surface area (Å²) in [5.41, 5.74) is 9.75. The molecule has 4 aromatic heterocycles. The Labute approximate surface area is 316 Å². The van der Waals surface area contributed by atoms with E-state index in [1.165, 1.54) is 0 Å². The first-order valence-electron chi connectivity index (χ1n) is 18.2. The van der Waals surface area contributed by atoms with Gasteiger partial charge in [0, 0.05) is 53.3 Å². The zero-order chi connectivity index (χ0) is 38.4. The molecule has 5 heterocycles. The van der Waals surface area contributed by atoms with E-state index in [1.807, 2.05) is 63.5 Å². The molecule has 11 heteroatoms. The Morgan fingerprint density at radius 1 is 0.909 bits per heavy atom. The molecule has 0 saturated carbocycles. The molecule has 1 saturated heterocycles. The number of piperidine rings is 1. The van der Waals surface area contributed by atoms with Crippen LogP contribution in [-0.2, 0) is 23.1 Å². The lowest BCUT2D eigenvalue weighted by molar-refractivity contribution is -0.135. The fourth-order valence-corrected chi connectivity index (χ4v) is 7.31. The number of amides is 3. The van der Waals surface area contributed by atoms with Crippen molar-refractivity contribution in [1.29, 1.82) is 0 Å². The predicted molar refractivity (Wildman–Crippen MR) is 212 cm³/mol. The molecule has 272 valence electrons. The summed E-state index contributed by atoms with van der Waals surface area (Å²) in [5, 5.41) is 8.24. The third-order valence-corrected chi connectivity index (χ3v) is 10.4. The van der Waals surface area contributed by atoms with E-state index in [0.29, 0.717) is 12.0 Å². The highest BCUT2D eigenvalue weighted by molar-refractivity contribution is 6.05. The van der Waals surface area contributed by atoms with Gasteiger partial charge in [0.05, 0.1) is 35.1 Å². The molecular weight excluding hydrogens is 691 g/mol. The zero-order valence-electron chi connectivity index (χ0n) is 30.9. The highest BCUT2D eigenvalue weighted by Gasteiger charge is 2.29. The number of nitrogens with one attached hydrogen (secondary N) is 2. The Morgan fingerprint density at radius 2 is 1.76 bits per heavy atom. The molecule has 1 atom stereocenters. The summed E-state index contributed by atoms with van der Waals surface area (Å²) in [4.78, 5) is 63.6. The summed E-state index contributed by atoms with van der Waals surface area (Å²) in [6.07, 6.45) is 6.65. The molecule has 7 aromatic rings. The number of carbonyl (C=O) groups excluding carboxylic acids is 3. The summed E-state index contributed by atoms with van der Waals surface area (Å²) in [6, 6.07) is 21.3. The average Bonchev–Trinajstić information content (AvgIpc) is 3.59. The topological polar surface area (TPSA) is 141 Å². The van der Waals surface area contributed by atoms with E-state index in [2.05, 4.69) is 63.6 Å². The van der Waals surface area contributed by atoms with Gasteiger partial charge in [0.15, 0.2) is 0 Å². The third kappa shape index (κ3) is 6.52. The summed E-state index contributed by atoms with van der Waals surface area (Å²) in [5.74, 6) is 5.18. The molecule has 0 bridgehead atoms. The van der Waals surface area contributed by atoms with Crippen molar-refractivity contribution in [2.75, 3.05) is 6.54 Å². The van der Waals surface area contributed by atoms with Gasteiger partial charge >= 0.3 is 0 Å². The van der Waals surface area contributed by atoms with Crippen molar-refractivity contribution in [3.63, 3.8) is 0 Å². The number of imidazole rings is 1. The van der Waals surface area contributed by atoms with Gasteiger partial charge < -0.3 is 14.5 Å². The van der Waals surface area contributed by atoms with Crippen LogP contribution in [-0.4, -0.2) is 48.4 Å². The third-order valence-electron chi connectivity index (χ3n) is 10.4. The minimum Gasteiger partial charge on any atom is -0.340 e. The maximum atomic E-state index is 13.0. The summed E-state index contributed by atoms with van der Waals surface area (Å²) in [7, 11) is 1.82. The quantitative estimate of drug-likeness (QED) is 0.156. The molecule has 8 rings (SSSR count). The van der Waals surface area contributed by atoms with Gasteiger partial charge in [-0.15, -0.1) is 0 Å². The Morgan fingerprint density at radius 3 is 2.55 bits per heavy atom. The molecule has 0 radical (unpaired) electrons. The second-order valence-corrected chi connectivity index (χ2v) is 13.9. The number of nitrogens with zero attached hydrogens (tertiary/aromatic N) is 5. The number of fused-ring (bicyclic) bond motifs is 3. The van der Waals surface area contributed by atoms with Crippen molar-refractivity contribution in [3.05, 3.63) is 124 Å². The van der Waals surface area contributed by atoms with Gasteiger partial charge in [0.2, 0.25) is 11.8 Å². The van der Waals surface area contributed by atoms with Crippen LogP contribution in [0.4, 0.5) is 0 Å². The van der Waals surface area contributed by atoms with E-state index in [1.54, 1.807) is 27.7 Å². The smallest absolute Gasteiger partial charge is 0.270 e. The number of aromatic nitrogens is 5. The Balaban J connectivity index is 0.987. The van der Waals surface area contributed by atoms with E-state index in [9.17, 15) is 19.2 Å². The van der Waals surface area contributed by atoms with Crippen LogP contribution in [0.15, 0.2) is 90.2 Å². The van der Waals surface area contributed by atoms with Crippen LogP contribution in [0.3, 0.4) is 0 Å². The highest BCUT2D eigenvalue weighted by Crippen LogP contribution is 2.36. The van der Waals surface area contributed by atoms with Gasteiger partial charge in [-0.25, -0.2) is 4.98 Å². The van der Waals surface area contributed by atoms with Gasteiger partial charge in [-0.2, -0.15) is 0 Å². The molecule has 11 nitrogen and oxygen atoms in total. The number of carbonyl (C=O) groups is 3. The minimum absolute atomic E-state index is 0.00134. The summed E-state index contributed by atoms with van der Waals surface area (Å²) in [6.45, 7) is 6.00. The molecule has 3 amide bonds. The Bertz CT molecular complexity index is 2860. The number of rotatable bonds is 6.